The molecule has 5 nitrogen and oxygen atoms in total. The van der Waals surface area contributed by atoms with E-state index in [0.29, 0.717) is 0 Å². The minimum Gasteiger partial charge on any atom is -0.328 e. The van der Waals surface area contributed by atoms with Gasteiger partial charge in [0.05, 0.1) is 4.90 Å². The predicted octanol–water partition coefficient (Wildman–Crippen LogP) is 2.07. The number of nitrogens with one attached hydrogen (secondary N) is 1. The Morgan fingerprint density at radius 1 is 1.10 bits per heavy atom. The first kappa shape index (κ1) is 15.5. The highest BCUT2D eigenvalue weighted by atomic mass is 32.2. The monoisotopic (exact) mass is 306 g/mol. The summed E-state index contributed by atoms with van der Waals surface area (Å²) < 4.78 is 26.4. The second-order valence-corrected chi connectivity index (χ2v) is 6.99. The smallest absolute Gasteiger partial charge is 0.247 e. The molecule has 2 rings (SSSR count). The molecule has 0 spiro atoms. The summed E-state index contributed by atoms with van der Waals surface area (Å²) in [7, 11) is -2.12. The molecule has 0 aliphatic rings. The number of aromatic nitrogens is 1. The van der Waals surface area contributed by atoms with E-state index in [-0.39, 0.29) is 16.5 Å². The number of pyridine rings is 1. The predicted molar refractivity (Wildman–Crippen MR) is 81.6 cm³/mol. The number of hydrogen-bond acceptors (Lipinski definition) is 3. The van der Waals surface area contributed by atoms with Crippen LogP contribution in [0.2, 0.25) is 0 Å². The van der Waals surface area contributed by atoms with Crippen LogP contribution in [0.3, 0.4) is 0 Å². The number of nitrogens with zero attached hydrogens (tertiary/aromatic N) is 1. The Labute approximate surface area is 124 Å². The summed E-state index contributed by atoms with van der Waals surface area (Å²) in [6.07, 6.45) is 1.22. The Hall–Kier alpha value is -1.92. The van der Waals surface area contributed by atoms with Crippen LogP contribution in [0.5, 0.6) is 0 Å². The van der Waals surface area contributed by atoms with Crippen molar-refractivity contribution in [3.63, 3.8) is 0 Å². The third-order valence-electron chi connectivity index (χ3n) is 3.54. The minimum atomic E-state index is -3.65. The molecule has 1 aromatic carbocycles. The summed E-state index contributed by atoms with van der Waals surface area (Å²) in [5, 5.41) is 0. The zero-order chi connectivity index (χ0) is 15.6. The number of benzene rings is 1. The van der Waals surface area contributed by atoms with Crippen LogP contribution in [-0.2, 0) is 10.0 Å². The van der Waals surface area contributed by atoms with Crippen molar-refractivity contribution in [2.75, 3.05) is 7.05 Å². The van der Waals surface area contributed by atoms with Gasteiger partial charge in [0, 0.05) is 25.4 Å². The maximum absolute atomic E-state index is 12.5. The van der Waals surface area contributed by atoms with Crippen LogP contribution >= 0.6 is 0 Å². The van der Waals surface area contributed by atoms with Gasteiger partial charge in [0.15, 0.2) is 0 Å². The molecule has 0 radical (unpaired) electrons. The van der Waals surface area contributed by atoms with Gasteiger partial charge in [0.2, 0.25) is 15.6 Å². The lowest BCUT2D eigenvalue weighted by atomic mass is 10.1. The molecule has 1 heterocycles. The highest BCUT2D eigenvalue weighted by Crippen LogP contribution is 2.25. The Balaban J connectivity index is 2.33. The van der Waals surface area contributed by atoms with E-state index in [2.05, 4.69) is 4.98 Å². The van der Waals surface area contributed by atoms with Crippen LogP contribution in [0.4, 0.5) is 0 Å². The summed E-state index contributed by atoms with van der Waals surface area (Å²) >= 11 is 0. The fourth-order valence-electron chi connectivity index (χ4n) is 1.99. The average Bonchev–Trinajstić information content (AvgIpc) is 2.47. The van der Waals surface area contributed by atoms with Crippen molar-refractivity contribution in [1.82, 2.24) is 9.29 Å². The Kier molecular flexibility index (Phi) is 4.29. The summed E-state index contributed by atoms with van der Waals surface area (Å²) in [5.74, 6) is 0. The summed E-state index contributed by atoms with van der Waals surface area (Å²) in [6, 6.07) is 9.95. The molecule has 1 atom stereocenters. The zero-order valence-corrected chi connectivity index (χ0v) is 13.0. The lowest BCUT2D eigenvalue weighted by Crippen LogP contribution is -2.30. The van der Waals surface area contributed by atoms with Crippen molar-refractivity contribution in [1.29, 1.82) is 0 Å². The van der Waals surface area contributed by atoms with E-state index in [1.165, 1.54) is 29.7 Å². The Morgan fingerprint density at radius 2 is 1.71 bits per heavy atom. The van der Waals surface area contributed by atoms with Crippen LogP contribution in [0, 0.1) is 6.92 Å². The lowest BCUT2D eigenvalue weighted by Gasteiger charge is -2.24. The molecule has 1 N–H and O–H groups in total. The van der Waals surface area contributed by atoms with Gasteiger partial charge in [0.25, 0.3) is 0 Å². The van der Waals surface area contributed by atoms with Crippen molar-refractivity contribution in [3.8, 4) is 0 Å². The first-order chi connectivity index (χ1) is 9.82. The van der Waals surface area contributed by atoms with E-state index in [4.69, 9.17) is 0 Å². The van der Waals surface area contributed by atoms with Gasteiger partial charge >= 0.3 is 0 Å². The fraction of sp³-hybridized carbons (Fsp3) is 0.267. The molecular weight excluding hydrogens is 288 g/mol. The van der Waals surface area contributed by atoms with Crippen LogP contribution < -0.4 is 5.56 Å². The number of aromatic amines is 1. The quantitative estimate of drug-likeness (QED) is 0.940. The molecule has 6 heteroatoms. The van der Waals surface area contributed by atoms with Gasteiger partial charge in [-0.2, -0.15) is 4.31 Å². The molecule has 0 amide bonds. The minimum absolute atomic E-state index is 0.0727. The molecule has 0 fully saturated rings. The standard InChI is InChI=1S/C15H18N2O3S/c1-11-4-6-13(7-5-11)12(2)17(3)21(19,20)14-8-9-15(18)16-10-14/h4-10,12H,1-3H3,(H,16,18). The van der Waals surface area contributed by atoms with Crippen LogP contribution in [0.1, 0.15) is 24.1 Å². The van der Waals surface area contributed by atoms with Gasteiger partial charge in [-0.1, -0.05) is 29.8 Å². The van der Waals surface area contributed by atoms with Crippen LogP contribution in [-0.4, -0.2) is 24.8 Å². The van der Waals surface area contributed by atoms with Crippen LogP contribution in [0.15, 0.2) is 52.3 Å². The van der Waals surface area contributed by atoms with Gasteiger partial charge in [-0.05, 0) is 25.5 Å². The molecule has 0 saturated heterocycles. The molecule has 0 bridgehead atoms. The number of sulfonamides is 1. The van der Waals surface area contributed by atoms with Crippen molar-refractivity contribution >= 4 is 10.0 Å². The largest absolute Gasteiger partial charge is 0.328 e. The normalized spacial score (nSPS) is 13.3. The highest BCUT2D eigenvalue weighted by molar-refractivity contribution is 7.89. The molecule has 0 saturated carbocycles. The van der Waals surface area contributed by atoms with E-state index in [0.717, 1.165) is 11.1 Å². The molecule has 0 aliphatic carbocycles. The first-order valence-corrected chi connectivity index (χ1v) is 8.00. The third kappa shape index (κ3) is 3.22. The molecule has 21 heavy (non-hydrogen) atoms. The van der Waals surface area contributed by atoms with Crippen molar-refractivity contribution in [2.45, 2.75) is 24.8 Å². The summed E-state index contributed by atoms with van der Waals surface area (Å²) in [5.41, 5.74) is 1.70. The van der Waals surface area contributed by atoms with Crippen LogP contribution in [0.25, 0.3) is 0 Å². The van der Waals surface area contributed by atoms with E-state index in [9.17, 15) is 13.2 Å². The highest BCUT2D eigenvalue weighted by Gasteiger charge is 2.26. The molecule has 0 aliphatic heterocycles. The zero-order valence-electron chi connectivity index (χ0n) is 12.2. The fourth-order valence-corrected chi connectivity index (χ4v) is 3.30. The topological polar surface area (TPSA) is 70.2 Å². The average molecular weight is 306 g/mol. The second kappa shape index (κ2) is 5.83. The number of aryl methyl sites for hydroxylation is 1. The van der Waals surface area contributed by atoms with Crippen molar-refractivity contribution < 1.29 is 8.42 Å². The van der Waals surface area contributed by atoms with Gasteiger partial charge < -0.3 is 4.98 Å². The number of rotatable bonds is 4. The maximum atomic E-state index is 12.5. The molecular formula is C15H18N2O3S. The van der Waals surface area contributed by atoms with E-state index < -0.39 is 10.0 Å². The maximum Gasteiger partial charge on any atom is 0.247 e. The number of hydrogen-bond donors (Lipinski definition) is 1. The Bertz CT molecular complexity index is 759. The van der Waals surface area contributed by atoms with E-state index in [1.807, 2.05) is 38.1 Å². The summed E-state index contributed by atoms with van der Waals surface area (Å²) in [4.78, 5) is 13.5. The Morgan fingerprint density at radius 3 is 2.24 bits per heavy atom. The van der Waals surface area contributed by atoms with Gasteiger partial charge in [-0.25, -0.2) is 8.42 Å². The molecule has 112 valence electrons. The van der Waals surface area contributed by atoms with Gasteiger partial charge in [-0.15, -0.1) is 0 Å². The molecule has 2 aromatic rings. The van der Waals surface area contributed by atoms with Gasteiger partial charge in [0.1, 0.15) is 0 Å². The first-order valence-electron chi connectivity index (χ1n) is 6.55. The molecule has 1 aromatic heterocycles. The lowest BCUT2D eigenvalue weighted by molar-refractivity contribution is 0.398. The number of H-pyrrole nitrogens is 1. The molecule has 1 unspecified atom stereocenters. The van der Waals surface area contributed by atoms with Crippen molar-refractivity contribution in [3.05, 3.63) is 64.1 Å². The van der Waals surface area contributed by atoms with E-state index in [1.54, 1.807) is 0 Å². The summed E-state index contributed by atoms with van der Waals surface area (Å²) in [6.45, 7) is 3.81. The van der Waals surface area contributed by atoms with E-state index >= 15 is 0 Å². The second-order valence-electron chi connectivity index (χ2n) is 5.00. The van der Waals surface area contributed by atoms with Crippen molar-refractivity contribution in [2.24, 2.45) is 0 Å². The van der Waals surface area contributed by atoms with Gasteiger partial charge in [-0.3, -0.25) is 4.79 Å². The third-order valence-corrected chi connectivity index (χ3v) is 5.46. The SMILES string of the molecule is Cc1ccc(C(C)N(C)S(=O)(=O)c2ccc(=O)[nH]c2)cc1.